The number of halogens is 2. The van der Waals surface area contributed by atoms with Gasteiger partial charge >= 0.3 is 0 Å². The van der Waals surface area contributed by atoms with Gasteiger partial charge < -0.3 is 4.74 Å². The summed E-state index contributed by atoms with van der Waals surface area (Å²) in [6.07, 6.45) is 4.33. The van der Waals surface area contributed by atoms with Crippen molar-refractivity contribution in [1.29, 1.82) is 0 Å². The predicted molar refractivity (Wildman–Crippen MR) is 86.3 cm³/mol. The van der Waals surface area contributed by atoms with Crippen molar-refractivity contribution in [2.75, 3.05) is 12.4 Å². The van der Waals surface area contributed by atoms with E-state index in [9.17, 15) is 10.1 Å². The molecule has 0 aromatic heterocycles. The molecule has 1 rings (SSSR count). The van der Waals surface area contributed by atoms with Crippen LogP contribution in [0.5, 0.6) is 5.75 Å². The number of benzene rings is 1. The molecule has 0 bridgehead atoms. The van der Waals surface area contributed by atoms with Crippen LogP contribution in [0.25, 0.3) is 0 Å². The summed E-state index contributed by atoms with van der Waals surface area (Å²) in [6, 6.07) is 2.89. The Labute approximate surface area is 134 Å². The third-order valence-corrected chi connectivity index (χ3v) is 3.99. The largest absolute Gasteiger partial charge is 0.491 e. The van der Waals surface area contributed by atoms with Gasteiger partial charge in [0.1, 0.15) is 5.75 Å². The van der Waals surface area contributed by atoms with Crippen LogP contribution in [0, 0.1) is 10.1 Å². The molecule has 0 aliphatic carbocycles. The number of ether oxygens (including phenoxy) is 1. The molecule has 0 spiro atoms. The van der Waals surface area contributed by atoms with Crippen molar-refractivity contribution >= 4 is 50.2 Å². The van der Waals surface area contributed by atoms with Crippen LogP contribution in [0.3, 0.4) is 0 Å². The zero-order valence-electron chi connectivity index (χ0n) is 10.3. The van der Waals surface area contributed by atoms with E-state index in [0.717, 1.165) is 31.4 Å². The van der Waals surface area contributed by atoms with Gasteiger partial charge in [-0.3, -0.25) is 10.1 Å². The molecule has 0 fully saturated rings. The van der Waals surface area contributed by atoms with Crippen LogP contribution < -0.4 is 4.74 Å². The fourth-order valence-electron chi connectivity index (χ4n) is 1.53. The molecular weight excluding hydrogens is 398 g/mol. The summed E-state index contributed by atoms with van der Waals surface area (Å²) >= 11 is 10.7. The smallest absolute Gasteiger partial charge is 0.271 e. The van der Waals surface area contributed by atoms with Crippen molar-refractivity contribution in [1.82, 2.24) is 0 Å². The Morgan fingerprint density at radius 3 is 2.26 bits per heavy atom. The van der Waals surface area contributed by atoms with Crippen LogP contribution in [-0.2, 0) is 0 Å². The summed E-state index contributed by atoms with van der Waals surface area (Å²) in [4.78, 5) is 10.3. The standard InChI is InChI=1S/C12H15Br2NO3S/c13-10-7-9(15(16)17)8-11(14)12(10)18-5-3-1-2-4-6-19/h7-8,19H,1-6H2. The van der Waals surface area contributed by atoms with Gasteiger partial charge in [-0.1, -0.05) is 12.8 Å². The minimum Gasteiger partial charge on any atom is -0.491 e. The second-order valence-corrected chi connectivity index (χ2v) is 6.14. The molecular formula is C12H15Br2NO3S. The van der Waals surface area contributed by atoms with E-state index in [4.69, 9.17) is 4.74 Å². The fourth-order valence-corrected chi connectivity index (χ4v) is 3.15. The summed E-state index contributed by atoms with van der Waals surface area (Å²) in [5, 5.41) is 10.7. The van der Waals surface area contributed by atoms with Gasteiger partial charge in [-0.05, 0) is 50.5 Å². The fraction of sp³-hybridized carbons (Fsp3) is 0.500. The molecule has 0 unspecified atom stereocenters. The lowest BCUT2D eigenvalue weighted by molar-refractivity contribution is -0.385. The molecule has 7 heteroatoms. The van der Waals surface area contributed by atoms with Gasteiger partial charge in [0.05, 0.1) is 20.5 Å². The van der Waals surface area contributed by atoms with E-state index in [2.05, 4.69) is 44.5 Å². The predicted octanol–water partition coefficient (Wildman–Crippen LogP) is 4.99. The van der Waals surface area contributed by atoms with E-state index in [1.54, 1.807) is 0 Å². The number of nitro groups is 1. The van der Waals surface area contributed by atoms with E-state index in [1.807, 2.05) is 0 Å². The minimum atomic E-state index is -0.434. The van der Waals surface area contributed by atoms with Gasteiger partial charge in [-0.15, -0.1) is 0 Å². The molecule has 0 N–H and O–H groups in total. The molecule has 19 heavy (non-hydrogen) atoms. The number of rotatable bonds is 8. The van der Waals surface area contributed by atoms with Crippen molar-refractivity contribution in [3.63, 3.8) is 0 Å². The van der Waals surface area contributed by atoms with Crippen molar-refractivity contribution in [2.45, 2.75) is 25.7 Å². The Kier molecular flexibility index (Phi) is 7.78. The summed E-state index contributed by atoms with van der Waals surface area (Å²) in [6.45, 7) is 0.599. The number of hydrogen-bond acceptors (Lipinski definition) is 4. The van der Waals surface area contributed by atoms with E-state index >= 15 is 0 Å². The lowest BCUT2D eigenvalue weighted by Gasteiger charge is -2.10. The highest BCUT2D eigenvalue weighted by Gasteiger charge is 2.14. The molecule has 0 aliphatic heterocycles. The molecule has 1 aromatic rings. The molecule has 0 aliphatic rings. The highest BCUT2D eigenvalue weighted by Crippen LogP contribution is 2.37. The Morgan fingerprint density at radius 2 is 1.74 bits per heavy atom. The highest BCUT2D eigenvalue weighted by atomic mass is 79.9. The van der Waals surface area contributed by atoms with Crippen LogP contribution in [0.15, 0.2) is 21.1 Å². The van der Waals surface area contributed by atoms with Gasteiger partial charge in [0.15, 0.2) is 0 Å². The molecule has 0 saturated heterocycles. The molecule has 0 amide bonds. The van der Waals surface area contributed by atoms with E-state index in [0.29, 0.717) is 21.3 Å². The van der Waals surface area contributed by atoms with E-state index in [1.165, 1.54) is 12.1 Å². The first kappa shape index (κ1) is 16.8. The normalized spacial score (nSPS) is 10.5. The first-order chi connectivity index (χ1) is 9.06. The maximum absolute atomic E-state index is 10.7. The first-order valence-electron chi connectivity index (χ1n) is 5.93. The molecule has 0 atom stereocenters. The van der Waals surface area contributed by atoms with Crippen molar-refractivity contribution < 1.29 is 9.66 Å². The third-order valence-electron chi connectivity index (χ3n) is 2.49. The second kappa shape index (κ2) is 8.81. The van der Waals surface area contributed by atoms with E-state index in [-0.39, 0.29) is 5.69 Å². The molecule has 0 heterocycles. The maximum Gasteiger partial charge on any atom is 0.271 e. The Morgan fingerprint density at radius 1 is 1.16 bits per heavy atom. The average Bonchev–Trinajstić information content (AvgIpc) is 2.35. The Bertz CT molecular complexity index is 420. The summed E-state index contributed by atoms with van der Waals surface area (Å²) in [7, 11) is 0. The number of unbranched alkanes of at least 4 members (excludes halogenated alkanes) is 3. The van der Waals surface area contributed by atoms with Gasteiger partial charge in [0.2, 0.25) is 0 Å². The Hall–Kier alpha value is -0.270. The summed E-state index contributed by atoms with van der Waals surface area (Å²) in [5.41, 5.74) is 0.0277. The average molecular weight is 413 g/mol. The minimum absolute atomic E-state index is 0.0277. The molecule has 1 aromatic carbocycles. The third kappa shape index (κ3) is 5.71. The Balaban J connectivity index is 2.52. The maximum atomic E-state index is 10.7. The van der Waals surface area contributed by atoms with Crippen LogP contribution in [0.2, 0.25) is 0 Å². The SMILES string of the molecule is O=[N+]([O-])c1cc(Br)c(OCCCCCCS)c(Br)c1. The number of nitrogens with zero attached hydrogens (tertiary/aromatic N) is 1. The van der Waals surface area contributed by atoms with Crippen molar-refractivity contribution in [3.05, 3.63) is 31.2 Å². The highest BCUT2D eigenvalue weighted by molar-refractivity contribution is 9.11. The zero-order chi connectivity index (χ0) is 14.3. The van der Waals surface area contributed by atoms with Crippen molar-refractivity contribution in [3.8, 4) is 5.75 Å². The second-order valence-electron chi connectivity index (χ2n) is 3.98. The van der Waals surface area contributed by atoms with Crippen LogP contribution in [0.1, 0.15) is 25.7 Å². The number of thiol groups is 1. The van der Waals surface area contributed by atoms with Crippen LogP contribution in [0.4, 0.5) is 5.69 Å². The number of hydrogen-bond donors (Lipinski definition) is 1. The lowest BCUT2D eigenvalue weighted by atomic mass is 10.2. The zero-order valence-corrected chi connectivity index (χ0v) is 14.3. The molecule has 106 valence electrons. The summed E-state index contributed by atoms with van der Waals surface area (Å²) in [5.74, 6) is 1.53. The quantitative estimate of drug-likeness (QED) is 0.283. The summed E-state index contributed by atoms with van der Waals surface area (Å²) < 4.78 is 6.82. The first-order valence-corrected chi connectivity index (χ1v) is 8.15. The monoisotopic (exact) mass is 411 g/mol. The molecule has 4 nitrogen and oxygen atoms in total. The molecule has 0 radical (unpaired) electrons. The lowest BCUT2D eigenvalue weighted by Crippen LogP contribution is -1.99. The van der Waals surface area contributed by atoms with Gasteiger partial charge in [-0.2, -0.15) is 12.6 Å². The van der Waals surface area contributed by atoms with Gasteiger partial charge in [0.25, 0.3) is 5.69 Å². The van der Waals surface area contributed by atoms with Crippen LogP contribution >= 0.6 is 44.5 Å². The van der Waals surface area contributed by atoms with Gasteiger partial charge in [0, 0.05) is 12.1 Å². The topological polar surface area (TPSA) is 52.4 Å². The molecule has 0 saturated carbocycles. The number of nitro benzene ring substituents is 1. The van der Waals surface area contributed by atoms with Crippen molar-refractivity contribution in [2.24, 2.45) is 0 Å². The number of non-ortho nitro benzene ring substituents is 1. The van der Waals surface area contributed by atoms with Gasteiger partial charge in [-0.25, -0.2) is 0 Å². The van der Waals surface area contributed by atoms with Crippen LogP contribution in [-0.4, -0.2) is 17.3 Å². The van der Waals surface area contributed by atoms with E-state index < -0.39 is 4.92 Å².